The monoisotopic (exact) mass is 363 g/mol. The number of carbonyl (C=O) groups excluding carboxylic acids is 1. The maximum atomic E-state index is 12.6. The highest BCUT2D eigenvalue weighted by Crippen LogP contribution is 2.39. The number of likely N-dealkylation sites (tertiary alicyclic amines) is 1. The SMILES string of the molecule is O=C(O)/C=C/c1ccc2c(c1)C(=O)CC1(CN(CCc3ccccc3)C1)O2. The van der Waals surface area contributed by atoms with Gasteiger partial charge < -0.3 is 9.84 Å². The van der Waals surface area contributed by atoms with Gasteiger partial charge in [-0.15, -0.1) is 0 Å². The summed E-state index contributed by atoms with van der Waals surface area (Å²) in [5.74, 6) is -0.356. The molecule has 2 heterocycles. The summed E-state index contributed by atoms with van der Waals surface area (Å²) in [7, 11) is 0. The van der Waals surface area contributed by atoms with Crippen molar-refractivity contribution in [1.82, 2.24) is 4.90 Å². The maximum Gasteiger partial charge on any atom is 0.328 e. The number of hydrogen-bond donors (Lipinski definition) is 1. The van der Waals surface area contributed by atoms with E-state index in [9.17, 15) is 9.59 Å². The molecule has 1 spiro atoms. The highest BCUT2D eigenvalue weighted by Gasteiger charge is 2.49. The lowest BCUT2D eigenvalue weighted by atomic mass is 9.83. The van der Waals surface area contributed by atoms with Crippen molar-refractivity contribution in [2.45, 2.75) is 18.4 Å². The summed E-state index contributed by atoms with van der Waals surface area (Å²) in [5.41, 5.74) is 2.11. The first-order valence-corrected chi connectivity index (χ1v) is 9.07. The molecule has 0 aromatic heterocycles. The van der Waals surface area contributed by atoms with Crippen molar-refractivity contribution < 1.29 is 19.4 Å². The van der Waals surface area contributed by atoms with Gasteiger partial charge in [0, 0.05) is 25.7 Å². The zero-order valence-corrected chi connectivity index (χ0v) is 14.9. The van der Waals surface area contributed by atoms with Crippen molar-refractivity contribution in [2.24, 2.45) is 0 Å². The molecule has 0 amide bonds. The van der Waals surface area contributed by atoms with E-state index >= 15 is 0 Å². The Morgan fingerprint density at radius 1 is 1.19 bits per heavy atom. The Labute approximate surface area is 157 Å². The topological polar surface area (TPSA) is 66.8 Å². The summed E-state index contributed by atoms with van der Waals surface area (Å²) < 4.78 is 6.19. The number of hydrogen-bond acceptors (Lipinski definition) is 4. The molecule has 0 bridgehead atoms. The van der Waals surface area contributed by atoms with Crippen molar-refractivity contribution in [3.63, 3.8) is 0 Å². The second kappa shape index (κ2) is 7.00. The van der Waals surface area contributed by atoms with Gasteiger partial charge in [-0.25, -0.2) is 4.79 Å². The molecule has 0 unspecified atom stereocenters. The number of carboxylic acid groups (broad SMARTS) is 1. The molecule has 138 valence electrons. The molecule has 2 aliphatic rings. The second-order valence-electron chi connectivity index (χ2n) is 7.26. The number of Topliss-reactive ketones (excluding diaryl/α,β-unsaturated/α-hetero) is 1. The van der Waals surface area contributed by atoms with Crippen LogP contribution in [0.5, 0.6) is 5.75 Å². The summed E-state index contributed by atoms with van der Waals surface area (Å²) in [5, 5.41) is 8.73. The van der Waals surface area contributed by atoms with Crippen molar-refractivity contribution >= 4 is 17.8 Å². The third-order valence-corrected chi connectivity index (χ3v) is 5.11. The quantitative estimate of drug-likeness (QED) is 0.827. The molecule has 5 heteroatoms. The van der Waals surface area contributed by atoms with Gasteiger partial charge in [-0.2, -0.15) is 0 Å². The Balaban J connectivity index is 1.39. The van der Waals surface area contributed by atoms with Gasteiger partial charge in [0.15, 0.2) is 5.78 Å². The van der Waals surface area contributed by atoms with Crippen LogP contribution in [0.4, 0.5) is 0 Å². The van der Waals surface area contributed by atoms with E-state index < -0.39 is 11.6 Å². The summed E-state index contributed by atoms with van der Waals surface area (Å²) >= 11 is 0. The van der Waals surface area contributed by atoms with Gasteiger partial charge in [-0.3, -0.25) is 9.69 Å². The number of ketones is 1. The summed E-state index contributed by atoms with van der Waals surface area (Å²) in [6.07, 6.45) is 3.90. The smallest absolute Gasteiger partial charge is 0.328 e. The first-order valence-electron chi connectivity index (χ1n) is 9.07. The average molecular weight is 363 g/mol. The highest BCUT2D eigenvalue weighted by atomic mass is 16.5. The predicted molar refractivity (Wildman–Crippen MR) is 102 cm³/mol. The summed E-state index contributed by atoms with van der Waals surface area (Å²) in [6, 6.07) is 15.6. The van der Waals surface area contributed by atoms with E-state index in [-0.39, 0.29) is 5.78 Å². The molecule has 1 fully saturated rings. The third kappa shape index (κ3) is 3.78. The largest absolute Gasteiger partial charge is 0.483 e. The Kier molecular flexibility index (Phi) is 4.54. The van der Waals surface area contributed by atoms with Crippen LogP contribution in [0.25, 0.3) is 6.08 Å². The minimum Gasteiger partial charge on any atom is -0.483 e. The van der Waals surface area contributed by atoms with Crippen LogP contribution in [0.2, 0.25) is 0 Å². The molecule has 1 saturated heterocycles. The lowest BCUT2D eigenvalue weighted by Gasteiger charge is -2.51. The van der Waals surface area contributed by atoms with E-state index in [0.29, 0.717) is 23.3 Å². The normalized spacial score (nSPS) is 18.1. The molecule has 1 N–H and O–H groups in total. The molecular formula is C22H21NO4. The maximum absolute atomic E-state index is 12.6. The van der Waals surface area contributed by atoms with E-state index in [4.69, 9.17) is 9.84 Å². The number of benzene rings is 2. The number of aliphatic carboxylic acids is 1. The van der Waals surface area contributed by atoms with Crippen LogP contribution in [0.3, 0.4) is 0 Å². The Morgan fingerprint density at radius 2 is 1.96 bits per heavy atom. The Morgan fingerprint density at radius 3 is 2.70 bits per heavy atom. The molecule has 2 aromatic carbocycles. The van der Waals surface area contributed by atoms with Crippen LogP contribution >= 0.6 is 0 Å². The van der Waals surface area contributed by atoms with Gasteiger partial charge in [-0.05, 0) is 35.8 Å². The lowest BCUT2D eigenvalue weighted by Crippen LogP contribution is -2.67. The highest BCUT2D eigenvalue weighted by molar-refractivity contribution is 6.01. The van der Waals surface area contributed by atoms with Gasteiger partial charge in [0.2, 0.25) is 0 Å². The van der Waals surface area contributed by atoms with Crippen molar-refractivity contribution in [2.75, 3.05) is 19.6 Å². The molecule has 27 heavy (non-hydrogen) atoms. The fourth-order valence-electron chi connectivity index (χ4n) is 3.82. The van der Waals surface area contributed by atoms with Crippen LogP contribution in [0, 0.1) is 0 Å². The van der Waals surface area contributed by atoms with Crippen molar-refractivity contribution in [3.05, 3.63) is 71.3 Å². The Hall–Kier alpha value is -2.92. The fourth-order valence-corrected chi connectivity index (χ4v) is 3.82. The number of fused-ring (bicyclic) bond motifs is 1. The minimum atomic E-state index is -1.01. The number of nitrogens with zero attached hydrogens (tertiary/aromatic N) is 1. The molecule has 0 atom stereocenters. The number of carboxylic acids is 1. The molecular weight excluding hydrogens is 342 g/mol. The standard InChI is InChI=1S/C22H21NO4/c24-19-13-22(14-23(15-22)11-10-16-4-2-1-3-5-16)27-20-8-6-17(12-18(19)20)7-9-21(25)26/h1-9,12H,10-11,13-15H2,(H,25,26)/b9-7+. The minimum absolute atomic E-state index is 0.0598. The first-order chi connectivity index (χ1) is 13.0. The van der Waals surface area contributed by atoms with Gasteiger partial charge in [0.05, 0.1) is 12.0 Å². The van der Waals surface area contributed by atoms with Crippen LogP contribution in [-0.2, 0) is 11.2 Å². The van der Waals surface area contributed by atoms with Crippen molar-refractivity contribution in [1.29, 1.82) is 0 Å². The van der Waals surface area contributed by atoms with Crippen LogP contribution in [-0.4, -0.2) is 47.0 Å². The molecule has 0 aliphatic carbocycles. The fraction of sp³-hybridized carbons (Fsp3) is 0.273. The predicted octanol–water partition coefficient (Wildman–Crippen LogP) is 3.05. The summed E-state index contributed by atoms with van der Waals surface area (Å²) in [4.78, 5) is 25.6. The van der Waals surface area contributed by atoms with Crippen LogP contribution < -0.4 is 4.74 Å². The van der Waals surface area contributed by atoms with E-state index in [1.54, 1.807) is 18.2 Å². The molecule has 0 radical (unpaired) electrons. The van der Waals surface area contributed by atoms with Gasteiger partial charge >= 0.3 is 5.97 Å². The van der Waals surface area contributed by atoms with Crippen LogP contribution in [0.15, 0.2) is 54.6 Å². The van der Waals surface area contributed by atoms with E-state index in [2.05, 4.69) is 17.0 Å². The third-order valence-electron chi connectivity index (χ3n) is 5.11. The van der Waals surface area contributed by atoms with Crippen molar-refractivity contribution in [3.8, 4) is 5.75 Å². The van der Waals surface area contributed by atoms with E-state index in [1.807, 2.05) is 18.2 Å². The molecule has 4 rings (SSSR count). The van der Waals surface area contributed by atoms with E-state index in [1.165, 1.54) is 11.6 Å². The number of ether oxygens (including phenoxy) is 1. The van der Waals surface area contributed by atoms with Gasteiger partial charge in [0.25, 0.3) is 0 Å². The zero-order chi connectivity index (χ0) is 18.9. The lowest BCUT2D eigenvalue weighted by molar-refractivity contribution is -0.131. The van der Waals surface area contributed by atoms with Crippen LogP contribution in [0.1, 0.15) is 27.9 Å². The molecule has 5 nitrogen and oxygen atoms in total. The molecule has 2 aromatic rings. The zero-order valence-electron chi connectivity index (χ0n) is 14.9. The van der Waals surface area contributed by atoms with Gasteiger partial charge in [0.1, 0.15) is 11.4 Å². The average Bonchev–Trinajstić information content (AvgIpc) is 2.64. The summed E-state index contributed by atoms with van der Waals surface area (Å²) in [6.45, 7) is 2.46. The Bertz CT molecular complexity index is 898. The first kappa shape index (κ1) is 17.5. The molecule has 0 saturated carbocycles. The second-order valence-corrected chi connectivity index (χ2v) is 7.26. The number of rotatable bonds is 5. The van der Waals surface area contributed by atoms with Gasteiger partial charge in [-0.1, -0.05) is 36.4 Å². The number of carbonyl (C=O) groups is 2. The molecule has 2 aliphatic heterocycles. The van der Waals surface area contributed by atoms with E-state index in [0.717, 1.165) is 32.1 Å².